The number of aromatic nitrogens is 2. The minimum absolute atomic E-state index is 0.0657. The average Bonchev–Trinajstić information content (AvgIpc) is 2.73. The molecular weight excluding hydrogens is 340 g/mol. The van der Waals surface area contributed by atoms with Crippen LogP contribution in [0.5, 0.6) is 0 Å². The third-order valence-corrected chi connectivity index (χ3v) is 5.20. The number of methoxy groups -OCH3 is 1. The number of H-pyrrole nitrogens is 1. The number of carbonyl (C=O) groups is 1. The molecule has 0 spiro atoms. The van der Waals surface area contributed by atoms with E-state index in [9.17, 15) is 9.59 Å². The molecular formula is C22H20N2O3. The van der Waals surface area contributed by atoms with Crippen LogP contribution in [0.25, 0.3) is 11.4 Å². The number of rotatable bonds is 3. The molecule has 0 unspecified atom stereocenters. The van der Waals surface area contributed by atoms with E-state index in [0.29, 0.717) is 24.2 Å². The molecule has 2 atom stereocenters. The Labute approximate surface area is 157 Å². The molecule has 0 radical (unpaired) electrons. The van der Waals surface area contributed by atoms with Gasteiger partial charge in [-0.1, -0.05) is 60.7 Å². The van der Waals surface area contributed by atoms with E-state index in [2.05, 4.69) is 4.98 Å². The zero-order chi connectivity index (χ0) is 18.8. The molecule has 0 fully saturated rings. The largest absolute Gasteiger partial charge is 0.469 e. The van der Waals surface area contributed by atoms with E-state index in [4.69, 9.17) is 9.72 Å². The fourth-order valence-corrected chi connectivity index (χ4v) is 3.82. The lowest BCUT2D eigenvalue weighted by Crippen LogP contribution is -2.35. The monoisotopic (exact) mass is 360 g/mol. The normalized spacial score (nSPS) is 18.6. The van der Waals surface area contributed by atoms with Gasteiger partial charge in [0.05, 0.1) is 18.7 Å². The van der Waals surface area contributed by atoms with Crippen LogP contribution in [0.3, 0.4) is 0 Å². The molecule has 3 aromatic rings. The molecule has 136 valence electrons. The highest BCUT2D eigenvalue weighted by Gasteiger charge is 2.37. The van der Waals surface area contributed by atoms with E-state index in [1.165, 1.54) is 7.11 Å². The molecule has 27 heavy (non-hydrogen) atoms. The van der Waals surface area contributed by atoms with Crippen LogP contribution in [0.15, 0.2) is 65.5 Å². The van der Waals surface area contributed by atoms with Gasteiger partial charge in [0.25, 0.3) is 5.56 Å². The zero-order valence-corrected chi connectivity index (χ0v) is 15.0. The van der Waals surface area contributed by atoms with Gasteiger partial charge >= 0.3 is 5.97 Å². The van der Waals surface area contributed by atoms with Gasteiger partial charge in [-0.15, -0.1) is 0 Å². The van der Waals surface area contributed by atoms with E-state index >= 15 is 0 Å². The van der Waals surface area contributed by atoms with Gasteiger partial charge in [0.1, 0.15) is 5.82 Å². The van der Waals surface area contributed by atoms with Crippen LogP contribution in [-0.4, -0.2) is 23.0 Å². The van der Waals surface area contributed by atoms with Gasteiger partial charge in [-0.25, -0.2) is 4.98 Å². The van der Waals surface area contributed by atoms with Crippen molar-refractivity contribution in [2.24, 2.45) is 5.92 Å². The number of aromatic amines is 1. The maximum atomic E-state index is 12.7. The van der Waals surface area contributed by atoms with Gasteiger partial charge in [0.15, 0.2) is 0 Å². The number of carbonyl (C=O) groups excluding carboxylic acids is 1. The van der Waals surface area contributed by atoms with Crippen LogP contribution in [0.2, 0.25) is 0 Å². The molecule has 1 aliphatic rings. The van der Waals surface area contributed by atoms with Crippen molar-refractivity contribution < 1.29 is 9.53 Å². The van der Waals surface area contributed by atoms with E-state index in [0.717, 1.165) is 16.8 Å². The summed E-state index contributed by atoms with van der Waals surface area (Å²) < 4.78 is 5.02. The molecule has 0 saturated carbocycles. The minimum Gasteiger partial charge on any atom is -0.469 e. The second-order valence-electron chi connectivity index (χ2n) is 6.76. The molecule has 2 aromatic carbocycles. The van der Waals surface area contributed by atoms with E-state index in [-0.39, 0.29) is 17.4 Å². The minimum atomic E-state index is -0.393. The number of hydrogen-bond acceptors (Lipinski definition) is 4. The fraction of sp³-hybridized carbons (Fsp3) is 0.227. The van der Waals surface area contributed by atoms with E-state index < -0.39 is 5.92 Å². The molecule has 0 amide bonds. The summed E-state index contributed by atoms with van der Waals surface area (Å²) in [5, 5.41) is 0. The van der Waals surface area contributed by atoms with Crippen LogP contribution < -0.4 is 5.56 Å². The Morgan fingerprint density at radius 2 is 1.70 bits per heavy atom. The summed E-state index contributed by atoms with van der Waals surface area (Å²) in [6.07, 6.45) is 0.863. The number of fused-ring (bicyclic) bond motifs is 1. The van der Waals surface area contributed by atoms with Crippen molar-refractivity contribution in [2.75, 3.05) is 7.11 Å². The number of esters is 1. The van der Waals surface area contributed by atoms with Crippen molar-refractivity contribution in [3.8, 4) is 11.4 Å². The smallest absolute Gasteiger partial charge is 0.309 e. The first-order valence-corrected chi connectivity index (χ1v) is 8.97. The highest BCUT2D eigenvalue weighted by molar-refractivity contribution is 5.74. The Balaban J connectivity index is 1.80. The summed E-state index contributed by atoms with van der Waals surface area (Å²) in [4.78, 5) is 32.7. The molecule has 1 N–H and O–H groups in total. The van der Waals surface area contributed by atoms with Crippen LogP contribution in [0, 0.1) is 5.92 Å². The summed E-state index contributed by atoms with van der Waals surface area (Å²) in [6.45, 7) is 0. The predicted octanol–water partition coefficient (Wildman–Crippen LogP) is 3.11. The SMILES string of the molecule is COC(=O)[C@@H]1Cc2c(nc(-c3ccccc3)[nH]c2=O)C[C@H]1c1ccccc1. The Morgan fingerprint density at radius 1 is 1.04 bits per heavy atom. The highest BCUT2D eigenvalue weighted by Crippen LogP contribution is 2.36. The van der Waals surface area contributed by atoms with Crippen LogP contribution in [0.4, 0.5) is 0 Å². The maximum absolute atomic E-state index is 12.7. The number of nitrogens with one attached hydrogen (secondary N) is 1. The van der Waals surface area contributed by atoms with Crippen LogP contribution in [-0.2, 0) is 22.4 Å². The first-order chi connectivity index (χ1) is 13.2. The van der Waals surface area contributed by atoms with Crippen molar-refractivity contribution in [3.05, 3.63) is 87.8 Å². The maximum Gasteiger partial charge on any atom is 0.309 e. The third-order valence-electron chi connectivity index (χ3n) is 5.20. The van der Waals surface area contributed by atoms with Gasteiger partial charge in [-0.2, -0.15) is 0 Å². The van der Waals surface area contributed by atoms with Gasteiger partial charge in [0, 0.05) is 17.0 Å². The lowest BCUT2D eigenvalue weighted by molar-refractivity contribution is -0.146. The molecule has 1 aromatic heterocycles. The second-order valence-corrected chi connectivity index (χ2v) is 6.76. The van der Waals surface area contributed by atoms with Crippen molar-refractivity contribution in [1.82, 2.24) is 9.97 Å². The first-order valence-electron chi connectivity index (χ1n) is 8.97. The summed E-state index contributed by atoms with van der Waals surface area (Å²) in [6, 6.07) is 19.5. The fourth-order valence-electron chi connectivity index (χ4n) is 3.82. The van der Waals surface area contributed by atoms with E-state index in [1.54, 1.807) is 0 Å². The van der Waals surface area contributed by atoms with Crippen molar-refractivity contribution in [2.45, 2.75) is 18.8 Å². The number of ether oxygens (including phenoxy) is 1. The molecule has 0 bridgehead atoms. The lowest BCUT2D eigenvalue weighted by Gasteiger charge is -2.30. The summed E-state index contributed by atoms with van der Waals surface area (Å²) in [7, 11) is 1.39. The van der Waals surface area contributed by atoms with Gasteiger partial charge in [0.2, 0.25) is 0 Å². The zero-order valence-electron chi connectivity index (χ0n) is 15.0. The predicted molar refractivity (Wildman–Crippen MR) is 102 cm³/mol. The number of hydrogen-bond donors (Lipinski definition) is 1. The summed E-state index contributed by atoms with van der Waals surface area (Å²) in [5.41, 5.74) is 3.08. The van der Waals surface area contributed by atoms with Crippen LogP contribution >= 0.6 is 0 Å². The topological polar surface area (TPSA) is 72.0 Å². The standard InChI is InChI=1S/C22H20N2O3/c1-27-22(26)17-12-18-19(13-16(17)14-8-4-2-5-9-14)23-20(24-21(18)25)15-10-6-3-7-11-15/h2-11,16-17H,12-13H2,1H3,(H,23,24,25)/t16-,17+/m0/s1. The third kappa shape index (κ3) is 3.28. The quantitative estimate of drug-likeness (QED) is 0.729. The molecule has 5 nitrogen and oxygen atoms in total. The molecule has 1 heterocycles. The number of benzene rings is 2. The number of nitrogens with zero attached hydrogens (tertiary/aromatic N) is 1. The molecule has 5 heteroatoms. The Bertz CT molecular complexity index is 1010. The lowest BCUT2D eigenvalue weighted by atomic mass is 9.74. The average molecular weight is 360 g/mol. The van der Waals surface area contributed by atoms with Gasteiger partial charge < -0.3 is 9.72 Å². The van der Waals surface area contributed by atoms with Crippen LogP contribution in [0.1, 0.15) is 22.7 Å². The Hall–Kier alpha value is -3.21. The Morgan fingerprint density at radius 3 is 2.37 bits per heavy atom. The van der Waals surface area contributed by atoms with E-state index in [1.807, 2.05) is 60.7 Å². The molecule has 1 aliphatic carbocycles. The van der Waals surface area contributed by atoms with Crippen molar-refractivity contribution in [1.29, 1.82) is 0 Å². The molecule has 0 aliphatic heterocycles. The van der Waals surface area contributed by atoms with Gasteiger partial charge in [-0.05, 0) is 18.4 Å². The summed E-state index contributed by atoms with van der Waals surface area (Å²) in [5.74, 6) is -0.192. The van der Waals surface area contributed by atoms with Crippen molar-refractivity contribution in [3.63, 3.8) is 0 Å². The van der Waals surface area contributed by atoms with Gasteiger partial charge in [-0.3, -0.25) is 9.59 Å². The highest BCUT2D eigenvalue weighted by atomic mass is 16.5. The first kappa shape index (κ1) is 17.2. The molecule has 0 saturated heterocycles. The molecule has 4 rings (SSSR count). The Kier molecular flexibility index (Phi) is 4.59. The second kappa shape index (κ2) is 7.19. The summed E-state index contributed by atoms with van der Waals surface area (Å²) >= 11 is 0. The van der Waals surface area contributed by atoms with Crippen molar-refractivity contribution >= 4 is 5.97 Å².